The van der Waals surface area contributed by atoms with E-state index in [0.29, 0.717) is 12.6 Å². The molecule has 0 spiro atoms. The number of amides is 1. The van der Waals surface area contributed by atoms with E-state index in [1.807, 2.05) is 11.8 Å². The molecule has 3 rings (SSSR count). The molecule has 0 atom stereocenters. The summed E-state index contributed by atoms with van der Waals surface area (Å²) < 4.78 is 5.06. The molecule has 3 aliphatic rings. The van der Waals surface area contributed by atoms with Crippen molar-refractivity contribution in [3.05, 3.63) is 0 Å². The van der Waals surface area contributed by atoms with Gasteiger partial charge in [-0.2, -0.15) is 0 Å². The van der Waals surface area contributed by atoms with Gasteiger partial charge in [0, 0.05) is 25.2 Å². The van der Waals surface area contributed by atoms with Gasteiger partial charge in [0.2, 0.25) is 0 Å². The normalized spacial score (nSPS) is 24.8. The first-order valence-electron chi connectivity index (χ1n) is 7.95. The Labute approximate surface area is 115 Å². The number of likely N-dealkylation sites (tertiary alicyclic amines) is 1. The lowest BCUT2D eigenvalue weighted by Gasteiger charge is -2.34. The number of carbonyl (C=O) groups is 1. The molecule has 0 aromatic carbocycles. The van der Waals surface area contributed by atoms with E-state index in [1.54, 1.807) is 0 Å². The molecule has 0 aromatic heterocycles. The molecule has 4 heteroatoms. The molecule has 1 N–H and O–H groups in total. The van der Waals surface area contributed by atoms with E-state index >= 15 is 0 Å². The van der Waals surface area contributed by atoms with Crippen molar-refractivity contribution < 1.29 is 9.53 Å². The van der Waals surface area contributed by atoms with Crippen molar-refractivity contribution in [2.24, 2.45) is 11.8 Å². The third-order valence-corrected chi connectivity index (χ3v) is 4.71. The van der Waals surface area contributed by atoms with E-state index in [1.165, 1.54) is 25.7 Å². The van der Waals surface area contributed by atoms with E-state index < -0.39 is 0 Å². The second-order valence-electron chi connectivity index (χ2n) is 6.33. The second kappa shape index (κ2) is 5.70. The van der Waals surface area contributed by atoms with Gasteiger partial charge in [0.05, 0.1) is 6.61 Å². The summed E-state index contributed by atoms with van der Waals surface area (Å²) >= 11 is 0. The van der Waals surface area contributed by atoms with Crippen LogP contribution in [0.3, 0.4) is 0 Å². The highest BCUT2D eigenvalue weighted by molar-refractivity contribution is 5.67. The van der Waals surface area contributed by atoms with Crippen LogP contribution < -0.4 is 5.32 Å². The standard InChI is InChI=1S/C15H26N2O2/c1-2-19-15(18)17-9-7-13(8-10-17)16-14(11-3-4-11)12-5-6-12/h11-14,16H,2-10H2,1H3. The van der Waals surface area contributed by atoms with Gasteiger partial charge in [-0.15, -0.1) is 0 Å². The molecular weight excluding hydrogens is 240 g/mol. The van der Waals surface area contributed by atoms with Crippen LogP contribution in [0.5, 0.6) is 0 Å². The zero-order valence-corrected chi connectivity index (χ0v) is 11.9. The Morgan fingerprint density at radius 3 is 2.21 bits per heavy atom. The first-order valence-corrected chi connectivity index (χ1v) is 7.95. The molecule has 3 fully saturated rings. The predicted molar refractivity (Wildman–Crippen MR) is 74.0 cm³/mol. The van der Waals surface area contributed by atoms with Crippen LogP contribution in [0.25, 0.3) is 0 Å². The molecule has 0 unspecified atom stereocenters. The number of nitrogens with zero attached hydrogens (tertiary/aromatic N) is 1. The Bertz CT molecular complexity index is 306. The topological polar surface area (TPSA) is 41.6 Å². The highest BCUT2D eigenvalue weighted by Gasteiger charge is 2.42. The number of ether oxygens (including phenoxy) is 1. The maximum absolute atomic E-state index is 11.6. The molecule has 19 heavy (non-hydrogen) atoms. The van der Waals surface area contributed by atoms with E-state index in [-0.39, 0.29) is 6.09 Å². The van der Waals surface area contributed by atoms with Crippen LogP contribution in [0.15, 0.2) is 0 Å². The van der Waals surface area contributed by atoms with Crippen molar-refractivity contribution in [1.29, 1.82) is 0 Å². The third-order valence-electron chi connectivity index (χ3n) is 4.71. The number of carbonyl (C=O) groups excluding carboxylic acids is 1. The molecule has 1 aliphatic heterocycles. The van der Waals surface area contributed by atoms with Gasteiger partial charge in [-0.05, 0) is 57.3 Å². The van der Waals surface area contributed by atoms with Gasteiger partial charge >= 0.3 is 6.09 Å². The van der Waals surface area contributed by atoms with Crippen LogP contribution >= 0.6 is 0 Å². The van der Waals surface area contributed by atoms with Crippen LogP contribution in [0.2, 0.25) is 0 Å². The predicted octanol–water partition coefficient (Wildman–Crippen LogP) is 2.39. The van der Waals surface area contributed by atoms with E-state index in [2.05, 4.69) is 5.32 Å². The lowest BCUT2D eigenvalue weighted by Crippen LogP contribution is -2.49. The highest BCUT2D eigenvalue weighted by atomic mass is 16.6. The van der Waals surface area contributed by atoms with Gasteiger partial charge in [-0.3, -0.25) is 0 Å². The molecule has 1 amide bonds. The monoisotopic (exact) mass is 266 g/mol. The summed E-state index contributed by atoms with van der Waals surface area (Å²) in [6.07, 6.45) is 7.72. The average molecular weight is 266 g/mol. The number of nitrogens with one attached hydrogen (secondary N) is 1. The van der Waals surface area contributed by atoms with Crippen LogP contribution in [-0.2, 0) is 4.74 Å². The molecule has 0 bridgehead atoms. The fourth-order valence-electron chi connectivity index (χ4n) is 3.28. The first-order chi connectivity index (χ1) is 9.28. The maximum atomic E-state index is 11.6. The number of piperidine rings is 1. The zero-order valence-electron chi connectivity index (χ0n) is 11.9. The summed E-state index contributed by atoms with van der Waals surface area (Å²) in [6.45, 7) is 4.03. The van der Waals surface area contributed by atoms with Crippen molar-refractivity contribution in [1.82, 2.24) is 10.2 Å². The minimum absolute atomic E-state index is 0.137. The quantitative estimate of drug-likeness (QED) is 0.830. The molecular formula is C15H26N2O2. The van der Waals surface area contributed by atoms with Gasteiger partial charge in [-0.1, -0.05) is 0 Å². The van der Waals surface area contributed by atoms with Crippen LogP contribution in [0.4, 0.5) is 4.79 Å². The van der Waals surface area contributed by atoms with E-state index in [9.17, 15) is 4.79 Å². The summed E-state index contributed by atoms with van der Waals surface area (Å²) in [5, 5.41) is 3.89. The van der Waals surface area contributed by atoms with Crippen molar-refractivity contribution in [3.8, 4) is 0 Å². The molecule has 4 nitrogen and oxygen atoms in total. The number of hydrogen-bond donors (Lipinski definition) is 1. The molecule has 1 saturated heterocycles. The van der Waals surface area contributed by atoms with Crippen LogP contribution in [-0.4, -0.2) is 42.8 Å². The van der Waals surface area contributed by atoms with Crippen LogP contribution in [0.1, 0.15) is 45.4 Å². The lowest BCUT2D eigenvalue weighted by molar-refractivity contribution is 0.0935. The lowest BCUT2D eigenvalue weighted by atomic mass is 10.0. The number of hydrogen-bond acceptors (Lipinski definition) is 3. The summed E-state index contributed by atoms with van der Waals surface area (Å²) in [5.41, 5.74) is 0. The average Bonchev–Trinajstić information content (AvgIpc) is 3.30. The Morgan fingerprint density at radius 1 is 1.16 bits per heavy atom. The maximum Gasteiger partial charge on any atom is 0.409 e. The first kappa shape index (κ1) is 13.2. The SMILES string of the molecule is CCOC(=O)N1CCC(NC(C2CC2)C2CC2)CC1. The Hall–Kier alpha value is -0.770. The minimum Gasteiger partial charge on any atom is -0.450 e. The molecule has 1 heterocycles. The van der Waals surface area contributed by atoms with Crippen molar-refractivity contribution in [2.75, 3.05) is 19.7 Å². The third kappa shape index (κ3) is 3.41. The molecule has 108 valence electrons. The molecule has 0 aromatic rings. The van der Waals surface area contributed by atoms with Crippen molar-refractivity contribution in [3.63, 3.8) is 0 Å². The smallest absolute Gasteiger partial charge is 0.409 e. The van der Waals surface area contributed by atoms with Crippen molar-refractivity contribution >= 4 is 6.09 Å². The van der Waals surface area contributed by atoms with E-state index in [0.717, 1.165) is 43.8 Å². The van der Waals surface area contributed by atoms with Gasteiger partial charge in [0.1, 0.15) is 0 Å². The number of rotatable bonds is 5. The molecule has 0 radical (unpaired) electrons. The summed E-state index contributed by atoms with van der Waals surface area (Å²) in [5.74, 6) is 1.91. The fraction of sp³-hybridized carbons (Fsp3) is 0.933. The van der Waals surface area contributed by atoms with Gasteiger partial charge in [0.15, 0.2) is 0 Å². The van der Waals surface area contributed by atoms with E-state index in [4.69, 9.17) is 4.74 Å². The molecule has 2 aliphatic carbocycles. The molecule has 2 saturated carbocycles. The second-order valence-corrected chi connectivity index (χ2v) is 6.33. The Balaban J connectivity index is 1.43. The van der Waals surface area contributed by atoms with Gasteiger partial charge in [-0.25, -0.2) is 4.79 Å². The minimum atomic E-state index is -0.137. The Morgan fingerprint density at radius 2 is 1.74 bits per heavy atom. The summed E-state index contributed by atoms with van der Waals surface area (Å²) in [7, 11) is 0. The summed E-state index contributed by atoms with van der Waals surface area (Å²) in [4.78, 5) is 13.5. The summed E-state index contributed by atoms with van der Waals surface area (Å²) in [6, 6.07) is 1.39. The zero-order chi connectivity index (χ0) is 13.2. The van der Waals surface area contributed by atoms with Crippen molar-refractivity contribution in [2.45, 2.75) is 57.5 Å². The highest BCUT2D eigenvalue weighted by Crippen LogP contribution is 2.44. The largest absolute Gasteiger partial charge is 0.450 e. The van der Waals surface area contributed by atoms with Crippen LogP contribution in [0, 0.1) is 11.8 Å². The fourth-order valence-corrected chi connectivity index (χ4v) is 3.28. The van der Waals surface area contributed by atoms with Gasteiger partial charge in [0.25, 0.3) is 0 Å². The van der Waals surface area contributed by atoms with Gasteiger partial charge < -0.3 is 15.0 Å². The Kier molecular flexibility index (Phi) is 3.96.